The van der Waals surface area contributed by atoms with Crippen molar-refractivity contribution in [3.63, 3.8) is 0 Å². The molecule has 0 radical (unpaired) electrons. The van der Waals surface area contributed by atoms with Crippen molar-refractivity contribution >= 4 is 18.1 Å². The summed E-state index contributed by atoms with van der Waals surface area (Å²) < 4.78 is 7.05. The zero-order chi connectivity index (χ0) is 15.2. The van der Waals surface area contributed by atoms with Crippen LogP contribution in [0.25, 0.3) is 11.4 Å². The lowest BCUT2D eigenvalue weighted by molar-refractivity contribution is -0.124. The number of hydrogen-bond acceptors (Lipinski definition) is 4. The second-order valence-electron chi connectivity index (χ2n) is 4.55. The molecule has 0 aliphatic heterocycles. The zero-order valence-electron chi connectivity index (χ0n) is 12.0. The third-order valence-electron chi connectivity index (χ3n) is 3.11. The lowest BCUT2D eigenvalue weighted by atomic mass is 10.2. The Hall–Kier alpha value is -1.99. The zero-order valence-corrected chi connectivity index (χ0v) is 12.8. The van der Waals surface area contributed by atoms with Crippen molar-refractivity contribution in [3.8, 4) is 11.4 Å². The quantitative estimate of drug-likeness (QED) is 0.632. The summed E-state index contributed by atoms with van der Waals surface area (Å²) in [5.41, 5.74) is 0.904. The maximum atomic E-state index is 12.2. The summed E-state index contributed by atoms with van der Waals surface area (Å²) in [6.45, 7) is 2.73. The van der Waals surface area contributed by atoms with Crippen LogP contribution in [0.2, 0.25) is 0 Å². The molecule has 112 valence electrons. The maximum absolute atomic E-state index is 12.2. The Balaban J connectivity index is 2.25. The Labute approximate surface area is 128 Å². The van der Waals surface area contributed by atoms with Gasteiger partial charge in [-0.2, -0.15) is 5.10 Å². The van der Waals surface area contributed by atoms with Crippen LogP contribution in [0.15, 0.2) is 30.3 Å². The number of nitrogens with zero attached hydrogens (tertiary/aromatic N) is 2. The van der Waals surface area contributed by atoms with Crippen LogP contribution >= 0.6 is 12.2 Å². The van der Waals surface area contributed by atoms with Crippen LogP contribution in [0.5, 0.6) is 0 Å². The minimum Gasteiger partial charge on any atom is -0.383 e. The van der Waals surface area contributed by atoms with Gasteiger partial charge in [-0.25, -0.2) is 0 Å². The monoisotopic (exact) mass is 306 g/mol. The minimum atomic E-state index is -0.455. The van der Waals surface area contributed by atoms with E-state index in [4.69, 9.17) is 17.0 Å². The van der Waals surface area contributed by atoms with Crippen LogP contribution in [-0.2, 0) is 9.53 Å². The first-order valence-electron chi connectivity index (χ1n) is 6.64. The molecule has 1 unspecified atom stereocenters. The molecule has 0 saturated heterocycles. The van der Waals surface area contributed by atoms with Crippen molar-refractivity contribution < 1.29 is 9.53 Å². The van der Waals surface area contributed by atoms with E-state index in [2.05, 4.69) is 15.5 Å². The Morgan fingerprint density at radius 2 is 2.19 bits per heavy atom. The second-order valence-corrected chi connectivity index (χ2v) is 4.93. The molecule has 1 atom stereocenters. The van der Waals surface area contributed by atoms with Gasteiger partial charge in [0.25, 0.3) is 0 Å². The number of methoxy groups -OCH3 is 1. The van der Waals surface area contributed by atoms with E-state index in [1.165, 1.54) is 0 Å². The largest absolute Gasteiger partial charge is 0.383 e. The molecule has 2 N–H and O–H groups in total. The van der Waals surface area contributed by atoms with E-state index in [1.54, 1.807) is 18.6 Å². The highest BCUT2D eigenvalue weighted by Gasteiger charge is 2.20. The summed E-state index contributed by atoms with van der Waals surface area (Å²) >= 11 is 5.24. The molecular weight excluding hydrogens is 288 g/mol. The molecule has 0 aliphatic rings. The number of H-pyrrole nitrogens is 1. The van der Waals surface area contributed by atoms with Crippen LogP contribution in [-0.4, -0.2) is 40.9 Å². The Kier molecular flexibility index (Phi) is 5.24. The van der Waals surface area contributed by atoms with Gasteiger partial charge in [0.15, 0.2) is 10.6 Å². The van der Waals surface area contributed by atoms with Crippen molar-refractivity contribution in [3.05, 3.63) is 35.1 Å². The number of nitrogens with one attached hydrogen (secondary N) is 2. The fourth-order valence-electron chi connectivity index (χ4n) is 2.00. The highest BCUT2D eigenvalue weighted by atomic mass is 32.1. The third kappa shape index (κ3) is 3.56. The first-order valence-corrected chi connectivity index (χ1v) is 7.05. The Bertz CT molecular complexity index is 650. The van der Waals surface area contributed by atoms with Gasteiger partial charge in [-0.3, -0.25) is 14.5 Å². The second kappa shape index (κ2) is 7.14. The Morgan fingerprint density at radius 1 is 1.48 bits per heavy atom. The topological polar surface area (TPSA) is 71.9 Å². The SMILES string of the molecule is COCCNC(=O)C(C)n1c(-c2ccccc2)n[nH]c1=S. The van der Waals surface area contributed by atoms with Gasteiger partial charge in [-0.1, -0.05) is 30.3 Å². The maximum Gasteiger partial charge on any atom is 0.243 e. The summed E-state index contributed by atoms with van der Waals surface area (Å²) in [5.74, 6) is 0.525. The number of amides is 1. The predicted molar refractivity (Wildman–Crippen MR) is 82.4 cm³/mol. The van der Waals surface area contributed by atoms with Crippen LogP contribution in [0.4, 0.5) is 0 Å². The van der Waals surface area contributed by atoms with E-state index in [-0.39, 0.29) is 5.91 Å². The smallest absolute Gasteiger partial charge is 0.243 e. The summed E-state index contributed by atoms with van der Waals surface area (Å²) in [6.07, 6.45) is 0. The molecule has 2 aromatic rings. The van der Waals surface area contributed by atoms with Gasteiger partial charge in [0.05, 0.1) is 6.61 Å². The van der Waals surface area contributed by atoms with Crippen molar-refractivity contribution in [1.82, 2.24) is 20.1 Å². The van der Waals surface area contributed by atoms with Crippen molar-refractivity contribution in [2.75, 3.05) is 20.3 Å². The summed E-state index contributed by atoms with van der Waals surface area (Å²) in [6, 6.07) is 9.16. The normalized spacial score (nSPS) is 12.1. The van der Waals surface area contributed by atoms with Gasteiger partial charge in [0.1, 0.15) is 6.04 Å². The first kappa shape index (κ1) is 15.4. The van der Waals surface area contributed by atoms with Crippen LogP contribution in [0.1, 0.15) is 13.0 Å². The number of aromatic nitrogens is 3. The van der Waals surface area contributed by atoms with E-state index in [9.17, 15) is 4.79 Å². The molecule has 0 saturated carbocycles. The van der Waals surface area contributed by atoms with E-state index in [1.807, 2.05) is 30.3 Å². The van der Waals surface area contributed by atoms with E-state index >= 15 is 0 Å². The molecule has 6 nitrogen and oxygen atoms in total. The fraction of sp³-hybridized carbons (Fsp3) is 0.357. The lowest BCUT2D eigenvalue weighted by Gasteiger charge is -2.15. The molecule has 0 bridgehead atoms. The number of ether oxygens (including phenoxy) is 1. The van der Waals surface area contributed by atoms with Crippen LogP contribution < -0.4 is 5.32 Å². The van der Waals surface area contributed by atoms with E-state index in [0.717, 1.165) is 5.56 Å². The van der Waals surface area contributed by atoms with Crippen molar-refractivity contribution in [1.29, 1.82) is 0 Å². The molecule has 1 amide bonds. The molecule has 1 heterocycles. The van der Waals surface area contributed by atoms with Crippen molar-refractivity contribution in [2.45, 2.75) is 13.0 Å². The molecular formula is C14H18N4O2S. The van der Waals surface area contributed by atoms with Gasteiger partial charge in [0, 0.05) is 19.2 Å². The fourth-order valence-corrected chi connectivity index (χ4v) is 2.29. The minimum absolute atomic E-state index is 0.123. The molecule has 2 rings (SSSR count). The van der Waals surface area contributed by atoms with Crippen LogP contribution in [0.3, 0.4) is 0 Å². The summed E-state index contributed by atoms with van der Waals surface area (Å²) in [5, 5.41) is 9.78. The van der Waals surface area contributed by atoms with Gasteiger partial charge in [-0.05, 0) is 19.1 Å². The van der Waals surface area contributed by atoms with Crippen LogP contribution in [0, 0.1) is 4.77 Å². The van der Waals surface area contributed by atoms with Crippen molar-refractivity contribution in [2.24, 2.45) is 0 Å². The van der Waals surface area contributed by atoms with E-state index < -0.39 is 6.04 Å². The number of rotatable bonds is 6. The summed E-state index contributed by atoms with van der Waals surface area (Å²) in [4.78, 5) is 12.2. The molecule has 0 fully saturated rings. The number of carbonyl (C=O) groups is 1. The average molecular weight is 306 g/mol. The first-order chi connectivity index (χ1) is 10.1. The highest BCUT2D eigenvalue weighted by Crippen LogP contribution is 2.20. The molecule has 0 spiro atoms. The van der Waals surface area contributed by atoms with Gasteiger partial charge < -0.3 is 10.1 Å². The highest BCUT2D eigenvalue weighted by molar-refractivity contribution is 7.71. The number of carbonyl (C=O) groups excluding carboxylic acids is 1. The summed E-state index contributed by atoms with van der Waals surface area (Å²) in [7, 11) is 1.59. The predicted octanol–water partition coefficient (Wildman–Crippen LogP) is 1.93. The van der Waals surface area contributed by atoms with Gasteiger partial charge >= 0.3 is 0 Å². The lowest BCUT2D eigenvalue weighted by Crippen LogP contribution is -2.33. The number of aromatic amines is 1. The van der Waals surface area contributed by atoms with Gasteiger partial charge in [-0.15, -0.1) is 0 Å². The molecule has 1 aromatic heterocycles. The molecule has 21 heavy (non-hydrogen) atoms. The number of benzene rings is 1. The number of hydrogen-bond donors (Lipinski definition) is 2. The molecule has 0 aliphatic carbocycles. The molecule has 7 heteroatoms. The van der Waals surface area contributed by atoms with Gasteiger partial charge in [0.2, 0.25) is 5.91 Å². The van der Waals surface area contributed by atoms with E-state index in [0.29, 0.717) is 23.7 Å². The molecule has 1 aromatic carbocycles. The standard InChI is InChI=1S/C14H18N4O2S/c1-10(13(19)15-8-9-20-2)18-12(16-17-14(18)21)11-6-4-3-5-7-11/h3-7,10H,8-9H2,1-2H3,(H,15,19)(H,17,21). The Morgan fingerprint density at radius 3 is 2.86 bits per heavy atom. The average Bonchev–Trinajstić information content (AvgIpc) is 2.89. The third-order valence-corrected chi connectivity index (χ3v) is 3.40.